The zero-order valence-corrected chi connectivity index (χ0v) is 10.4. The summed E-state index contributed by atoms with van der Waals surface area (Å²) in [7, 11) is 0. The number of rotatable bonds is 3. The lowest BCUT2D eigenvalue weighted by atomic mass is 10.0. The lowest BCUT2D eigenvalue weighted by molar-refractivity contribution is 0.865. The second kappa shape index (κ2) is 5.45. The maximum absolute atomic E-state index is 2.32. The second-order valence-electron chi connectivity index (χ2n) is 3.97. The van der Waals surface area contributed by atoms with Gasteiger partial charge in [-0.05, 0) is 31.4 Å². The van der Waals surface area contributed by atoms with Gasteiger partial charge in [0, 0.05) is 10.2 Å². The molecule has 2 unspecified atom stereocenters. The first-order chi connectivity index (χ1) is 6.63. The van der Waals surface area contributed by atoms with Gasteiger partial charge >= 0.3 is 0 Å². The molecule has 0 spiro atoms. The smallest absolute Gasteiger partial charge is 0.00742 e. The summed E-state index contributed by atoms with van der Waals surface area (Å²) < 4.78 is 0. The van der Waals surface area contributed by atoms with Crippen LogP contribution in [0.15, 0.2) is 34.8 Å². The molecule has 0 heterocycles. The van der Waals surface area contributed by atoms with Gasteiger partial charge in [0.25, 0.3) is 0 Å². The highest BCUT2D eigenvalue weighted by Gasteiger charge is 2.07. The maximum atomic E-state index is 2.32. The van der Waals surface area contributed by atoms with Crippen molar-refractivity contribution >= 4 is 11.8 Å². The predicted molar refractivity (Wildman–Crippen MR) is 67.5 cm³/mol. The van der Waals surface area contributed by atoms with Gasteiger partial charge in [-0.15, -0.1) is 11.8 Å². The highest BCUT2D eigenvalue weighted by atomic mass is 32.2. The van der Waals surface area contributed by atoms with Crippen molar-refractivity contribution in [1.29, 1.82) is 0 Å². The minimum Gasteiger partial charge on any atom is -0.123 e. The van der Waals surface area contributed by atoms with Crippen LogP contribution in [0.4, 0.5) is 0 Å². The Morgan fingerprint density at radius 3 is 2.86 bits per heavy atom. The molecule has 0 amide bonds. The first-order valence-corrected chi connectivity index (χ1v) is 6.24. The number of hydrogen-bond donors (Lipinski definition) is 0. The minimum absolute atomic E-state index is 0.585. The van der Waals surface area contributed by atoms with Gasteiger partial charge in [-0.25, -0.2) is 0 Å². The zero-order valence-electron chi connectivity index (χ0n) is 9.58. The van der Waals surface area contributed by atoms with Gasteiger partial charge in [0.2, 0.25) is 0 Å². The Morgan fingerprint density at radius 1 is 1.50 bits per heavy atom. The van der Waals surface area contributed by atoms with Gasteiger partial charge in [0.1, 0.15) is 0 Å². The highest BCUT2D eigenvalue weighted by Crippen LogP contribution is 2.29. The average molecular weight is 208 g/mol. The summed E-state index contributed by atoms with van der Waals surface area (Å²) in [5.41, 5.74) is 1.46. The molecule has 1 aliphatic rings. The first-order valence-electron chi connectivity index (χ1n) is 5.36. The molecule has 0 bridgehead atoms. The van der Waals surface area contributed by atoms with E-state index in [1.165, 1.54) is 16.9 Å². The summed E-state index contributed by atoms with van der Waals surface area (Å²) in [5.74, 6) is 0.585. The van der Waals surface area contributed by atoms with E-state index in [4.69, 9.17) is 0 Å². The number of thioether (sulfide) groups is 1. The van der Waals surface area contributed by atoms with Crippen LogP contribution in [0.3, 0.4) is 0 Å². The summed E-state index contributed by atoms with van der Waals surface area (Å²) in [6.07, 6.45) is 10.2. The number of hydrogen-bond acceptors (Lipinski definition) is 1. The van der Waals surface area contributed by atoms with E-state index >= 15 is 0 Å². The van der Waals surface area contributed by atoms with Crippen molar-refractivity contribution in [2.75, 3.05) is 0 Å². The Hall–Kier alpha value is -0.430. The predicted octanol–water partition coefficient (Wildman–Crippen LogP) is 4.55. The minimum atomic E-state index is 0.585. The van der Waals surface area contributed by atoms with E-state index in [9.17, 15) is 0 Å². The summed E-state index contributed by atoms with van der Waals surface area (Å²) in [4.78, 5) is 1.40. The SMILES string of the molecule is CCC(C)SC1=CC=CC(C)C(C)=C1. The lowest BCUT2D eigenvalue weighted by Gasteiger charge is -2.09. The van der Waals surface area contributed by atoms with E-state index in [0.29, 0.717) is 11.2 Å². The second-order valence-corrected chi connectivity index (χ2v) is 5.48. The zero-order chi connectivity index (χ0) is 10.6. The fourth-order valence-corrected chi connectivity index (χ4v) is 2.30. The summed E-state index contributed by atoms with van der Waals surface area (Å²) >= 11 is 1.97. The molecule has 0 aromatic heterocycles. The van der Waals surface area contributed by atoms with Crippen LogP contribution in [-0.2, 0) is 0 Å². The largest absolute Gasteiger partial charge is 0.123 e. The monoisotopic (exact) mass is 208 g/mol. The van der Waals surface area contributed by atoms with Crippen LogP contribution in [0.25, 0.3) is 0 Å². The van der Waals surface area contributed by atoms with E-state index in [-0.39, 0.29) is 0 Å². The molecule has 0 nitrogen and oxygen atoms in total. The molecule has 1 heteroatoms. The van der Waals surface area contributed by atoms with E-state index in [2.05, 4.69) is 52.0 Å². The van der Waals surface area contributed by atoms with Gasteiger partial charge in [-0.1, -0.05) is 38.5 Å². The van der Waals surface area contributed by atoms with E-state index in [1.807, 2.05) is 11.8 Å². The molecule has 0 aromatic carbocycles. The van der Waals surface area contributed by atoms with Crippen molar-refractivity contribution in [1.82, 2.24) is 0 Å². The number of allylic oxidation sites excluding steroid dienone is 5. The van der Waals surface area contributed by atoms with Crippen molar-refractivity contribution < 1.29 is 0 Å². The van der Waals surface area contributed by atoms with Crippen molar-refractivity contribution in [3.8, 4) is 0 Å². The Kier molecular flexibility index (Phi) is 4.53. The standard InChI is InChI=1S/C13H20S/c1-5-12(4)14-13-8-6-7-10(2)11(3)9-13/h6-10,12H,5H2,1-4H3. The summed E-state index contributed by atoms with van der Waals surface area (Å²) in [6.45, 7) is 8.98. The van der Waals surface area contributed by atoms with E-state index in [0.717, 1.165) is 0 Å². The molecule has 14 heavy (non-hydrogen) atoms. The summed E-state index contributed by atoms with van der Waals surface area (Å²) in [5, 5.41) is 0.715. The molecule has 0 N–H and O–H groups in total. The Bertz CT molecular complexity index is 271. The maximum Gasteiger partial charge on any atom is 0.00742 e. The molecule has 1 aliphatic carbocycles. The topological polar surface area (TPSA) is 0 Å². The molecule has 2 atom stereocenters. The van der Waals surface area contributed by atoms with Crippen molar-refractivity contribution in [3.63, 3.8) is 0 Å². The van der Waals surface area contributed by atoms with Crippen LogP contribution in [0.5, 0.6) is 0 Å². The Balaban J connectivity index is 2.70. The van der Waals surface area contributed by atoms with E-state index in [1.54, 1.807) is 0 Å². The average Bonchev–Trinajstić information content (AvgIpc) is 2.30. The third kappa shape index (κ3) is 3.38. The first kappa shape index (κ1) is 11.6. The van der Waals surface area contributed by atoms with Crippen molar-refractivity contribution in [2.45, 2.75) is 39.4 Å². The molecule has 0 fully saturated rings. The Morgan fingerprint density at radius 2 is 2.21 bits per heavy atom. The highest BCUT2D eigenvalue weighted by molar-refractivity contribution is 8.03. The van der Waals surface area contributed by atoms with E-state index < -0.39 is 0 Å². The van der Waals surface area contributed by atoms with Crippen LogP contribution >= 0.6 is 11.8 Å². The van der Waals surface area contributed by atoms with Gasteiger partial charge in [0.15, 0.2) is 0 Å². The normalized spacial score (nSPS) is 23.9. The van der Waals surface area contributed by atoms with Gasteiger partial charge in [-0.3, -0.25) is 0 Å². The van der Waals surface area contributed by atoms with Crippen LogP contribution in [-0.4, -0.2) is 5.25 Å². The van der Waals surface area contributed by atoms with Gasteiger partial charge in [-0.2, -0.15) is 0 Å². The quantitative estimate of drug-likeness (QED) is 0.655. The molecule has 1 rings (SSSR count). The summed E-state index contributed by atoms with van der Waals surface area (Å²) in [6, 6.07) is 0. The molecular formula is C13H20S. The van der Waals surface area contributed by atoms with Crippen LogP contribution in [0, 0.1) is 5.92 Å². The van der Waals surface area contributed by atoms with Crippen molar-refractivity contribution in [3.05, 3.63) is 34.8 Å². The van der Waals surface area contributed by atoms with Crippen molar-refractivity contribution in [2.24, 2.45) is 5.92 Å². The molecule has 0 saturated heterocycles. The van der Waals surface area contributed by atoms with Crippen LogP contribution < -0.4 is 0 Å². The Labute approximate surface area is 92.2 Å². The third-order valence-corrected chi connectivity index (χ3v) is 3.92. The molecular weight excluding hydrogens is 188 g/mol. The molecule has 0 aliphatic heterocycles. The lowest BCUT2D eigenvalue weighted by Crippen LogP contribution is -1.93. The van der Waals surface area contributed by atoms with Crippen LogP contribution in [0.2, 0.25) is 0 Å². The fourth-order valence-electron chi connectivity index (χ4n) is 1.26. The van der Waals surface area contributed by atoms with Gasteiger partial charge < -0.3 is 0 Å². The fraction of sp³-hybridized carbons (Fsp3) is 0.538. The molecule has 0 aromatic rings. The molecule has 0 radical (unpaired) electrons. The van der Waals surface area contributed by atoms with Crippen LogP contribution in [0.1, 0.15) is 34.1 Å². The van der Waals surface area contributed by atoms with Gasteiger partial charge in [0.05, 0.1) is 0 Å². The molecule has 0 saturated carbocycles. The third-order valence-electron chi connectivity index (χ3n) is 2.66. The molecule has 78 valence electrons.